The van der Waals surface area contributed by atoms with Gasteiger partial charge in [-0.15, -0.1) is 0 Å². The summed E-state index contributed by atoms with van der Waals surface area (Å²) in [5, 5.41) is 18.1. The van der Waals surface area contributed by atoms with Crippen molar-refractivity contribution in [2.45, 2.75) is 13.0 Å². The summed E-state index contributed by atoms with van der Waals surface area (Å²) in [5.41, 5.74) is 0.545. The number of halogens is 1. The number of aliphatic carboxylic acids is 1. The van der Waals surface area contributed by atoms with Crippen LogP contribution < -0.4 is 4.87 Å². The molecule has 0 atom stereocenters. The maximum atomic E-state index is 11.6. The second kappa shape index (κ2) is 4.38. The summed E-state index contributed by atoms with van der Waals surface area (Å²) in [6.07, 6.45) is -0.135. The van der Waals surface area contributed by atoms with Crippen molar-refractivity contribution in [3.8, 4) is 5.75 Å². The molecule has 0 fully saturated rings. The molecular formula is C10H8ClNO4S. The summed E-state index contributed by atoms with van der Waals surface area (Å²) >= 11 is 6.70. The smallest absolute Gasteiger partial charge is 0.308 e. The molecule has 0 aliphatic heterocycles. The fourth-order valence-electron chi connectivity index (χ4n) is 1.49. The van der Waals surface area contributed by atoms with E-state index in [9.17, 15) is 14.7 Å². The van der Waals surface area contributed by atoms with Crippen LogP contribution in [0.2, 0.25) is 5.02 Å². The van der Waals surface area contributed by atoms with Crippen LogP contribution in [0.4, 0.5) is 0 Å². The van der Waals surface area contributed by atoms with Gasteiger partial charge in [0.05, 0.1) is 21.7 Å². The van der Waals surface area contributed by atoms with Crippen LogP contribution in [0.25, 0.3) is 10.2 Å². The second-order valence-corrected chi connectivity index (χ2v) is 4.84. The fourth-order valence-corrected chi connectivity index (χ4v) is 2.58. The Labute approximate surface area is 104 Å². The Morgan fingerprint density at radius 3 is 2.82 bits per heavy atom. The zero-order chi connectivity index (χ0) is 12.6. The van der Waals surface area contributed by atoms with Crippen molar-refractivity contribution < 1.29 is 15.0 Å². The Balaban J connectivity index is 2.54. The molecule has 2 aromatic rings. The monoisotopic (exact) mass is 273 g/mol. The molecular weight excluding hydrogens is 266 g/mol. The molecule has 0 bridgehead atoms. The third-order valence-electron chi connectivity index (χ3n) is 2.29. The molecule has 90 valence electrons. The number of carboxylic acids is 1. The Kier molecular flexibility index (Phi) is 3.08. The molecule has 5 nitrogen and oxygen atoms in total. The molecule has 17 heavy (non-hydrogen) atoms. The summed E-state index contributed by atoms with van der Waals surface area (Å²) in [6, 6.07) is 2.87. The third kappa shape index (κ3) is 2.27. The van der Waals surface area contributed by atoms with Crippen molar-refractivity contribution in [3.63, 3.8) is 0 Å². The number of carbonyl (C=O) groups is 1. The molecule has 2 N–H and O–H groups in total. The maximum Gasteiger partial charge on any atom is 0.308 e. The minimum atomic E-state index is -0.971. The van der Waals surface area contributed by atoms with Gasteiger partial charge in [0.15, 0.2) is 0 Å². The zero-order valence-corrected chi connectivity index (χ0v) is 10.1. The molecule has 2 rings (SSSR count). The van der Waals surface area contributed by atoms with Gasteiger partial charge in [0.25, 0.3) is 0 Å². The van der Waals surface area contributed by atoms with Crippen LogP contribution in [0.3, 0.4) is 0 Å². The number of carboxylic acid groups (broad SMARTS) is 1. The maximum absolute atomic E-state index is 11.6. The molecule has 0 saturated heterocycles. The highest BCUT2D eigenvalue weighted by molar-refractivity contribution is 7.16. The molecule has 1 aromatic carbocycles. The number of fused-ring (bicyclic) bond motifs is 1. The highest BCUT2D eigenvalue weighted by Gasteiger charge is 2.11. The van der Waals surface area contributed by atoms with Crippen LogP contribution in [0, 0.1) is 0 Å². The highest BCUT2D eigenvalue weighted by Crippen LogP contribution is 2.30. The summed E-state index contributed by atoms with van der Waals surface area (Å²) in [5.74, 6) is -1.06. The van der Waals surface area contributed by atoms with Crippen LogP contribution >= 0.6 is 22.9 Å². The first kappa shape index (κ1) is 11.9. The molecule has 0 aliphatic carbocycles. The molecule has 1 heterocycles. The van der Waals surface area contributed by atoms with E-state index in [1.807, 2.05) is 0 Å². The van der Waals surface area contributed by atoms with E-state index in [-0.39, 0.29) is 28.6 Å². The summed E-state index contributed by atoms with van der Waals surface area (Å²) in [4.78, 5) is 21.9. The van der Waals surface area contributed by atoms with Crippen LogP contribution in [0.5, 0.6) is 5.75 Å². The van der Waals surface area contributed by atoms with E-state index < -0.39 is 5.97 Å². The van der Waals surface area contributed by atoms with Gasteiger partial charge in [0, 0.05) is 12.6 Å². The van der Waals surface area contributed by atoms with Gasteiger partial charge in [-0.25, -0.2) is 0 Å². The largest absolute Gasteiger partial charge is 0.506 e. The predicted octanol–water partition coefficient (Wildman–Crippen LogP) is 1.90. The van der Waals surface area contributed by atoms with Gasteiger partial charge < -0.3 is 10.2 Å². The number of benzene rings is 1. The van der Waals surface area contributed by atoms with Crippen molar-refractivity contribution >= 4 is 39.1 Å². The first-order valence-electron chi connectivity index (χ1n) is 4.72. The number of aromatic nitrogens is 1. The minimum absolute atomic E-state index is 0.0919. The lowest BCUT2D eigenvalue weighted by Crippen LogP contribution is -2.15. The van der Waals surface area contributed by atoms with Crippen molar-refractivity contribution in [1.29, 1.82) is 0 Å². The van der Waals surface area contributed by atoms with Crippen LogP contribution in [-0.4, -0.2) is 20.7 Å². The molecule has 1 aromatic heterocycles. The van der Waals surface area contributed by atoms with Crippen molar-refractivity contribution in [2.24, 2.45) is 0 Å². The molecule has 0 saturated carbocycles. The van der Waals surface area contributed by atoms with Crippen molar-refractivity contribution in [3.05, 3.63) is 26.8 Å². The Morgan fingerprint density at radius 2 is 2.18 bits per heavy atom. The summed E-state index contributed by atoms with van der Waals surface area (Å²) in [7, 11) is 0. The van der Waals surface area contributed by atoms with Gasteiger partial charge in [0.2, 0.25) is 0 Å². The van der Waals surface area contributed by atoms with E-state index in [1.165, 1.54) is 16.7 Å². The lowest BCUT2D eigenvalue weighted by Gasteiger charge is -2.02. The number of thiazole rings is 1. The third-order valence-corrected chi connectivity index (χ3v) is 3.53. The summed E-state index contributed by atoms with van der Waals surface area (Å²) < 4.78 is 1.93. The highest BCUT2D eigenvalue weighted by atomic mass is 35.5. The zero-order valence-electron chi connectivity index (χ0n) is 8.51. The molecule has 0 amide bonds. The first-order chi connectivity index (χ1) is 7.99. The lowest BCUT2D eigenvalue weighted by atomic mass is 10.3. The molecule has 0 aliphatic rings. The average Bonchev–Trinajstić information content (AvgIpc) is 2.52. The van der Waals surface area contributed by atoms with E-state index in [2.05, 4.69) is 0 Å². The number of phenols is 1. The SMILES string of the molecule is O=C(O)CCn1c(=O)sc2cc(O)c(Cl)cc21. The van der Waals surface area contributed by atoms with Crippen LogP contribution in [0.15, 0.2) is 16.9 Å². The topological polar surface area (TPSA) is 79.5 Å². The Morgan fingerprint density at radius 1 is 1.47 bits per heavy atom. The fraction of sp³-hybridized carbons (Fsp3) is 0.200. The van der Waals surface area contributed by atoms with Crippen LogP contribution in [-0.2, 0) is 11.3 Å². The standard InChI is InChI=1S/C10H8ClNO4S/c11-5-3-6-8(4-7(5)13)17-10(16)12(6)2-1-9(14)15/h3-4,13H,1-2H2,(H,14,15). The number of aryl methyl sites for hydroxylation is 1. The van der Waals surface area contributed by atoms with Gasteiger partial charge in [-0.05, 0) is 6.07 Å². The quantitative estimate of drug-likeness (QED) is 0.895. The van der Waals surface area contributed by atoms with Gasteiger partial charge in [-0.3, -0.25) is 14.2 Å². The van der Waals surface area contributed by atoms with Gasteiger partial charge in [-0.2, -0.15) is 0 Å². The Bertz CT molecular complexity index is 646. The predicted molar refractivity (Wildman–Crippen MR) is 65.0 cm³/mol. The average molecular weight is 274 g/mol. The van der Waals surface area contributed by atoms with Crippen LogP contribution in [0.1, 0.15) is 6.42 Å². The van der Waals surface area contributed by atoms with Crippen molar-refractivity contribution in [2.75, 3.05) is 0 Å². The number of aromatic hydroxyl groups is 1. The lowest BCUT2D eigenvalue weighted by molar-refractivity contribution is -0.137. The number of phenolic OH excluding ortho intramolecular Hbond substituents is 1. The summed E-state index contributed by atoms with van der Waals surface area (Å²) in [6.45, 7) is 0.0925. The molecule has 0 spiro atoms. The number of nitrogens with zero attached hydrogens (tertiary/aromatic N) is 1. The van der Waals surface area contributed by atoms with Gasteiger partial charge in [-0.1, -0.05) is 22.9 Å². The van der Waals surface area contributed by atoms with E-state index in [0.717, 1.165) is 11.3 Å². The number of rotatable bonds is 3. The van der Waals surface area contributed by atoms with Gasteiger partial charge >= 0.3 is 10.8 Å². The second-order valence-electron chi connectivity index (χ2n) is 3.43. The number of hydrogen-bond donors (Lipinski definition) is 2. The van der Waals surface area contributed by atoms with Crippen molar-refractivity contribution in [1.82, 2.24) is 4.57 Å². The Hall–Kier alpha value is -1.53. The van der Waals surface area contributed by atoms with Gasteiger partial charge in [0.1, 0.15) is 5.75 Å². The molecule has 0 radical (unpaired) electrons. The molecule has 7 heteroatoms. The normalized spacial score (nSPS) is 10.9. The van der Waals surface area contributed by atoms with E-state index in [0.29, 0.717) is 10.2 Å². The minimum Gasteiger partial charge on any atom is -0.506 e. The van der Waals surface area contributed by atoms with E-state index in [1.54, 1.807) is 0 Å². The van der Waals surface area contributed by atoms with E-state index in [4.69, 9.17) is 16.7 Å². The van der Waals surface area contributed by atoms with E-state index >= 15 is 0 Å². The molecule has 0 unspecified atom stereocenters. The first-order valence-corrected chi connectivity index (χ1v) is 5.92. The number of hydrogen-bond acceptors (Lipinski definition) is 4.